The van der Waals surface area contributed by atoms with Crippen LogP contribution < -0.4 is 4.74 Å². The number of aryl methyl sites for hydroxylation is 2. The van der Waals surface area contributed by atoms with E-state index in [2.05, 4.69) is 4.90 Å². The molecule has 1 unspecified atom stereocenters. The zero-order valence-electron chi connectivity index (χ0n) is 25.5. The molecule has 0 saturated carbocycles. The number of rotatable bonds is 8. The number of hydrogen-bond donors (Lipinski definition) is 0. The lowest BCUT2D eigenvalue weighted by Crippen LogP contribution is -2.49. The molecule has 0 radical (unpaired) electrons. The number of esters is 1. The number of alkyl halides is 2. The maximum absolute atomic E-state index is 13.4. The summed E-state index contributed by atoms with van der Waals surface area (Å²) in [6, 6.07) is 9.22. The molecule has 42 heavy (non-hydrogen) atoms. The molecule has 0 bridgehead atoms. The Hall–Kier alpha value is -3.50. The first-order valence-corrected chi connectivity index (χ1v) is 14.2. The fourth-order valence-corrected chi connectivity index (χ4v) is 5.74. The van der Waals surface area contributed by atoms with E-state index < -0.39 is 24.1 Å². The van der Waals surface area contributed by atoms with E-state index in [1.807, 2.05) is 58.9 Å². The van der Waals surface area contributed by atoms with Crippen LogP contribution in [0.15, 0.2) is 36.5 Å². The van der Waals surface area contributed by atoms with Crippen LogP contribution in [0.1, 0.15) is 66.3 Å². The van der Waals surface area contributed by atoms with Crippen molar-refractivity contribution in [3.05, 3.63) is 64.3 Å². The van der Waals surface area contributed by atoms with E-state index in [0.29, 0.717) is 43.9 Å². The third-order valence-electron chi connectivity index (χ3n) is 7.67. The maximum Gasteiger partial charge on any atom is 0.419 e. The topological polar surface area (TPSA) is 73.2 Å². The molecule has 3 aromatic rings. The van der Waals surface area contributed by atoms with Crippen LogP contribution in [0.3, 0.4) is 0 Å². The smallest absolute Gasteiger partial charge is 0.419 e. The third kappa shape index (κ3) is 6.76. The number of aromatic nitrogens is 1. The Balaban J connectivity index is 1.77. The minimum atomic E-state index is -2.44. The first-order valence-electron chi connectivity index (χ1n) is 14.2. The van der Waals surface area contributed by atoms with Gasteiger partial charge in [0.25, 0.3) is 6.43 Å². The number of carbonyl (C=O) groups is 2. The summed E-state index contributed by atoms with van der Waals surface area (Å²) in [6.07, 6.45) is -0.565. The van der Waals surface area contributed by atoms with Crippen LogP contribution in [-0.4, -0.2) is 78.9 Å². The average Bonchev–Trinajstić information content (AvgIpc) is 3.39. The lowest BCUT2D eigenvalue weighted by atomic mass is 9.95. The highest BCUT2D eigenvalue weighted by Crippen LogP contribution is 2.37. The first-order chi connectivity index (χ1) is 19.9. The van der Waals surface area contributed by atoms with Crippen LogP contribution in [0.5, 0.6) is 5.75 Å². The van der Waals surface area contributed by atoms with Gasteiger partial charge in [0.15, 0.2) is 0 Å². The van der Waals surface area contributed by atoms with Crippen LogP contribution in [0.25, 0.3) is 10.9 Å². The van der Waals surface area contributed by atoms with E-state index in [-0.39, 0.29) is 12.6 Å². The van der Waals surface area contributed by atoms with Crippen molar-refractivity contribution in [1.29, 1.82) is 0 Å². The van der Waals surface area contributed by atoms with Crippen molar-refractivity contribution in [2.45, 2.75) is 65.7 Å². The highest BCUT2D eigenvalue weighted by atomic mass is 19.3. The summed E-state index contributed by atoms with van der Waals surface area (Å²) in [5.41, 5.74) is 4.13. The van der Waals surface area contributed by atoms with Gasteiger partial charge in [-0.05, 0) is 69.0 Å². The van der Waals surface area contributed by atoms with Gasteiger partial charge in [0, 0.05) is 49.4 Å². The molecule has 4 rings (SSSR count). The third-order valence-corrected chi connectivity index (χ3v) is 7.67. The van der Waals surface area contributed by atoms with Crippen molar-refractivity contribution in [3.8, 4) is 5.75 Å². The lowest BCUT2D eigenvalue weighted by Gasteiger charge is -2.42. The Morgan fingerprint density at radius 3 is 2.45 bits per heavy atom. The Bertz CT molecular complexity index is 1450. The van der Waals surface area contributed by atoms with Gasteiger partial charge < -0.3 is 14.2 Å². The van der Waals surface area contributed by atoms with Gasteiger partial charge in [0.05, 0.1) is 31.8 Å². The number of ether oxygens (including phenoxy) is 3. The van der Waals surface area contributed by atoms with E-state index in [1.54, 1.807) is 24.3 Å². The monoisotopic (exact) mass is 585 g/mol. The number of carbonyl (C=O) groups excluding carboxylic acids is 2. The minimum absolute atomic E-state index is 0.219. The molecule has 1 fully saturated rings. The molecule has 0 spiro atoms. The Morgan fingerprint density at radius 2 is 1.83 bits per heavy atom. The predicted octanol–water partition coefficient (Wildman–Crippen LogP) is 6.21. The summed E-state index contributed by atoms with van der Waals surface area (Å²) in [4.78, 5) is 29.4. The molecule has 2 aromatic carbocycles. The van der Waals surface area contributed by atoms with Crippen LogP contribution in [-0.2, 0) is 22.4 Å². The van der Waals surface area contributed by atoms with Gasteiger partial charge >= 0.3 is 12.1 Å². The second-order valence-electron chi connectivity index (χ2n) is 11.7. The zero-order chi connectivity index (χ0) is 30.8. The number of piperazine rings is 1. The summed E-state index contributed by atoms with van der Waals surface area (Å²) in [5, 5.41) is 0.863. The van der Waals surface area contributed by atoms with Crippen LogP contribution in [0.2, 0.25) is 0 Å². The van der Waals surface area contributed by atoms with Crippen molar-refractivity contribution >= 4 is 23.0 Å². The number of halogens is 2. The normalized spacial score (nSPS) is 16.7. The molecule has 0 aliphatic carbocycles. The number of hydrogen-bond acceptors (Lipinski definition) is 7. The second kappa shape index (κ2) is 12.8. The highest BCUT2D eigenvalue weighted by molar-refractivity contribution is 5.95. The van der Waals surface area contributed by atoms with Crippen LogP contribution in [0, 0.1) is 6.92 Å². The van der Waals surface area contributed by atoms with Gasteiger partial charge in [0.1, 0.15) is 11.4 Å². The van der Waals surface area contributed by atoms with E-state index in [0.717, 1.165) is 33.2 Å². The largest absolute Gasteiger partial charge is 0.496 e. The van der Waals surface area contributed by atoms with Gasteiger partial charge in [-0.15, -0.1) is 0 Å². The molecule has 2 heterocycles. The van der Waals surface area contributed by atoms with Crippen molar-refractivity contribution < 1.29 is 32.6 Å². The molecule has 8 nitrogen and oxygen atoms in total. The SMILES string of the molecule is CCc1cc(C2CN(CC(F)F)CCN2Cc2c(OC)cc(C)c3c2ccn3C(=O)OC(C)(C)C)ccc1C(=O)OC. The van der Waals surface area contributed by atoms with Crippen LogP contribution in [0.4, 0.5) is 13.6 Å². The highest BCUT2D eigenvalue weighted by Gasteiger charge is 2.32. The quantitative estimate of drug-likeness (QED) is 0.291. The van der Waals surface area contributed by atoms with E-state index >= 15 is 0 Å². The molecule has 10 heteroatoms. The molecule has 1 saturated heterocycles. The maximum atomic E-state index is 13.4. The number of benzene rings is 2. The van der Waals surface area contributed by atoms with E-state index in [4.69, 9.17) is 14.2 Å². The predicted molar refractivity (Wildman–Crippen MR) is 158 cm³/mol. The van der Waals surface area contributed by atoms with Crippen molar-refractivity contribution in [2.75, 3.05) is 40.4 Å². The lowest BCUT2D eigenvalue weighted by molar-refractivity contribution is 0.0245. The van der Waals surface area contributed by atoms with Crippen LogP contribution >= 0.6 is 0 Å². The van der Waals surface area contributed by atoms with E-state index in [9.17, 15) is 18.4 Å². The van der Waals surface area contributed by atoms with Gasteiger partial charge in [-0.1, -0.05) is 19.1 Å². The number of methoxy groups -OCH3 is 2. The average molecular weight is 586 g/mol. The fourth-order valence-electron chi connectivity index (χ4n) is 5.74. The van der Waals surface area contributed by atoms with E-state index in [1.165, 1.54) is 11.7 Å². The summed E-state index contributed by atoms with van der Waals surface area (Å²) in [6.45, 7) is 11.0. The second-order valence-corrected chi connectivity index (χ2v) is 11.7. The first kappa shape index (κ1) is 31.4. The fraction of sp³-hybridized carbons (Fsp3) is 0.500. The molecule has 0 N–H and O–H groups in total. The molecule has 0 amide bonds. The molecule has 1 aromatic heterocycles. The van der Waals surface area contributed by atoms with Crippen molar-refractivity contribution in [1.82, 2.24) is 14.4 Å². The summed E-state index contributed by atoms with van der Waals surface area (Å²) in [5.74, 6) is 0.283. The number of fused-ring (bicyclic) bond motifs is 1. The van der Waals surface area contributed by atoms with Gasteiger partial charge in [-0.25, -0.2) is 18.4 Å². The Kier molecular flexibility index (Phi) is 9.57. The van der Waals surface area contributed by atoms with Gasteiger partial charge in [-0.3, -0.25) is 14.4 Å². The Labute approximate surface area is 246 Å². The standard InChI is InChI=1S/C32H41F2N3O5/c1-8-21-16-22(9-10-23(21)30(38)41-7)26-18-35(19-28(33)34)13-14-36(26)17-25-24-11-12-37(31(39)42-32(3,4)5)29(24)20(2)15-27(25)40-6/h9-12,15-16,26,28H,8,13-14,17-19H2,1-7H3. The summed E-state index contributed by atoms with van der Waals surface area (Å²) in [7, 11) is 2.97. The Morgan fingerprint density at radius 1 is 1.10 bits per heavy atom. The molecular formula is C32H41F2N3O5. The number of nitrogens with zero attached hydrogens (tertiary/aromatic N) is 3. The zero-order valence-corrected chi connectivity index (χ0v) is 25.5. The van der Waals surface area contributed by atoms with Crippen molar-refractivity contribution in [3.63, 3.8) is 0 Å². The molecule has 1 atom stereocenters. The summed E-state index contributed by atoms with van der Waals surface area (Å²) >= 11 is 0. The molecule has 1 aliphatic heterocycles. The van der Waals surface area contributed by atoms with Gasteiger partial charge in [0.2, 0.25) is 0 Å². The molecular weight excluding hydrogens is 544 g/mol. The minimum Gasteiger partial charge on any atom is -0.496 e. The molecule has 1 aliphatic rings. The van der Waals surface area contributed by atoms with Crippen molar-refractivity contribution in [2.24, 2.45) is 0 Å². The van der Waals surface area contributed by atoms with Gasteiger partial charge in [-0.2, -0.15) is 0 Å². The molecule has 228 valence electrons. The summed E-state index contributed by atoms with van der Waals surface area (Å²) < 4.78 is 44.8.